The van der Waals surface area contributed by atoms with E-state index in [0.29, 0.717) is 6.61 Å². The van der Waals surface area contributed by atoms with E-state index in [1.807, 2.05) is 20.8 Å². The molecule has 3 nitrogen and oxygen atoms in total. The SMILES string of the molecule is CC[C@@](C)(CO[Si](C)(C)C(C)(C)C)NS(=O)C(C)(C)C. The molecule has 0 rings (SSSR count). The first kappa shape index (κ1) is 20.3. The molecule has 0 saturated heterocycles. The summed E-state index contributed by atoms with van der Waals surface area (Å²) in [7, 11) is -2.84. The van der Waals surface area contributed by atoms with E-state index in [1.165, 1.54) is 0 Å². The first-order valence-electron chi connectivity index (χ1n) is 7.48. The molecule has 2 atom stereocenters. The predicted molar refractivity (Wildman–Crippen MR) is 92.9 cm³/mol. The third kappa shape index (κ3) is 5.96. The van der Waals surface area contributed by atoms with Crippen LogP contribution in [0.3, 0.4) is 0 Å². The smallest absolute Gasteiger partial charge is 0.192 e. The van der Waals surface area contributed by atoms with Crippen LogP contribution in [-0.4, -0.2) is 29.4 Å². The minimum absolute atomic E-state index is 0.199. The molecule has 0 aliphatic rings. The van der Waals surface area contributed by atoms with Crippen molar-refractivity contribution in [3.8, 4) is 0 Å². The highest BCUT2D eigenvalue weighted by molar-refractivity contribution is 7.84. The van der Waals surface area contributed by atoms with Gasteiger partial charge >= 0.3 is 0 Å². The van der Waals surface area contributed by atoms with E-state index in [4.69, 9.17) is 4.43 Å². The standard InChI is InChI=1S/C15H35NO2SSi/c1-11-15(8,16-19(17)13(2,3)4)12-18-20(9,10)14(5,6)7/h16H,11-12H2,1-10H3/t15-,19?/m0/s1. The van der Waals surface area contributed by atoms with Crippen molar-refractivity contribution in [2.75, 3.05) is 6.61 Å². The molecule has 0 amide bonds. The second-order valence-corrected chi connectivity index (χ2v) is 15.2. The third-order valence-corrected chi connectivity index (χ3v) is 10.5. The van der Waals surface area contributed by atoms with Gasteiger partial charge in [0.15, 0.2) is 8.32 Å². The molecule has 1 unspecified atom stereocenters. The Morgan fingerprint density at radius 1 is 1.05 bits per heavy atom. The zero-order valence-corrected chi connectivity index (χ0v) is 17.0. The number of hydrogen-bond acceptors (Lipinski definition) is 2. The minimum atomic E-state index is -1.77. The van der Waals surface area contributed by atoms with Crippen LogP contribution in [0.15, 0.2) is 0 Å². The van der Waals surface area contributed by atoms with Crippen molar-refractivity contribution in [1.82, 2.24) is 4.72 Å². The highest BCUT2D eigenvalue weighted by Crippen LogP contribution is 2.37. The average Bonchev–Trinajstić information content (AvgIpc) is 2.23. The van der Waals surface area contributed by atoms with Crippen molar-refractivity contribution in [2.45, 2.75) is 90.2 Å². The molecule has 0 aromatic rings. The van der Waals surface area contributed by atoms with Gasteiger partial charge in [0.25, 0.3) is 0 Å². The zero-order valence-electron chi connectivity index (χ0n) is 15.1. The number of hydrogen-bond donors (Lipinski definition) is 1. The predicted octanol–water partition coefficient (Wildman–Crippen LogP) is 4.23. The Kier molecular flexibility index (Phi) is 6.68. The normalized spacial score (nSPS) is 18.7. The van der Waals surface area contributed by atoms with Gasteiger partial charge in [-0.2, -0.15) is 0 Å². The van der Waals surface area contributed by atoms with Gasteiger partial charge in [-0.05, 0) is 52.2 Å². The summed E-state index contributed by atoms with van der Waals surface area (Å²) in [5.41, 5.74) is -0.242. The fourth-order valence-electron chi connectivity index (χ4n) is 1.14. The molecular weight excluding hydrogens is 286 g/mol. The second-order valence-electron chi connectivity index (χ2n) is 8.45. The summed E-state index contributed by atoms with van der Waals surface area (Å²) in [5, 5.41) is 0.199. The lowest BCUT2D eigenvalue weighted by Crippen LogP contribution is -2.53. The van der Waals surface area contributed by atoms with Gasteiger partial charge in [0.1, 0.15) is 0 Å². The maximum absolute atomic E-state index is 12.3. The van der Waals surface area contributed by atoms with Gasteiger partial charge in [-0.15, -0.1) is 0 Å². The van der Waals surface area contributed by atoms with Crippen molar-refractivity contribution in [2.24, 2.45) is 0 Å². The van der Waals surface area contributed by atoms with Crippen molar-refractivity contribution in [3.63, 3.8) is 0 Å². The Labute approximate surface area is 130 Å². The van der Waals surface area contributed by atoms with Crippen LogP contribution in [-0.2, 0) is 15.4 Å². The highest BCUT2D eigenvalue weighted by atomic mass is 32.2. The molecule has 20 heavy (non-hydrogen) atoms. The summed E-state index contributed by atoms with van der Waals surface area (Å²) in [6.07, 6.45) is 0.892. The van der Waals surface area contributed by atoms with Crippen LogP contribution in [0.1, 0.15) is 61.8 Å². The van der Waals surface area contributed by atoms with E-state index >= 15 is 0 Å². The van der Waals surface area contributed by atoms with Gasteiger partial charge in [0.2, 0.25) is 0 Å². The molecule has 0 aromatic carbocycles. The molecular formula is C15H35NO2SSi. The lowest BCUT2D eigenvalue weighted by atomic mass is 10.0. The van der Waals surface area contributed by atoms with Crippen LogP contribution < -0.4 is 4.72 Å². The van der Waals surface area contributed by atoms with Crippen molar-refractivity contribution in [1.29, 1.82) is 0 Å². The summed E-state index contributed by atoms with van der Waals surface area (Å²) in [4.78, 5) is 0. The summed E-state index contributed by atoms with van der Waals surface area (Å²) in [6, 6.07) is 0. The van der Waals surface area contributed by atoms with Gasteiger partial charge in [-0.1, -0.05) is 27.7 Å². The Balaban J connectivity index is 4.82. The molecule has 0 saturated carbocycles. The Morgan fingerprint density at radius 2 is 1.50 bits per heavy atom. The minimum Gasteiger partial charge on any atom is -0.415 e. The molecule has 122 valence electrons. The maximum atomic E-state index is 12.3. The van der Waals surface area contributed by atoms with Crippen molar-refractivity contribution < 1.29 is 8.63 Å². The van der Waals surface area contributed by atoms with Crippen molar-refractivity contribution in [3.05, 3.63) is 0 Å². The van der Waals surface area contributed by atoms with E-state index in [9.17, 15) is 4.21 Å². The van der Waals surface area contributed by atoms with E-state index in [0.717, 1.165) is 6.42 Å². The van der Waals surface area contributed by atoms with E-state index in [-0.39, 0.29) is 15.3 Å². The van der Waals surface area contributed by atoms with Gasteiger partial charge in [0, 0.05) is 5.54 Å². The molecule has 0 fully saturated rings. The quantitative estimate of drug-likeness (QED) is 0.744. The van der Waals surface area contributed by atoms with Gasteiger partial charge in [-0.25, -0.2) is 8.93 Å². The summed E-state index contributed by atoms with van der Waals surface area (Å²) in [5.74, 6) is 0. The fraction of sp³-hybridized carbons (Fsp3) is 1.00. The molecule has 1 N–H and O–H groups in total. The first-order chi connectivity index (χ1) is 8.65. The molecule has 0 aliphatic carbocycles. The first-order valence-corrected chi connectivity index (χ1v) is 11.5. The Morgan fingerprint density at radius 3 is 1.80 bits per heavy atom. The average molecular weight is 322 g/mol. The summed E-state index contributed by atoms with van der Waals surface area (Å²) < 4.78 is 21.6. The third-order valence-electron chi connectivity index (χ3n) is 4.23. The maximum Gasteiger partial charge on any atom is 0.192 e. The molecule has 0 spiro atoms. The highest BCUT2D eigenvalue weighted by Gasteiger charge is 2.39. The van der Waals surface area contributed by atoms with Crippen molar-refractivity contribution >= 4 is 19.3 Å². The summed E-state index contributed by atoms with van der Waals surface area (Å²) in [6.45, 7) is 22.0. The molecule has 0 aromatic heterocycles. The van der Waals surface area contributed by atoms with Crippen LogP contribution in [0.5, 0.6) is 0 Å². The molecule has 0 heterocycles. The van der Waals surface area contributed by atoms with E-state index in [1.54, 1.807) is 0 Å². The van der Waals surface area contributed by atoms with Crippen LogP contribution in [0.2, 0.25) is 18.1 Å². The second kappa shape index (κ2) is 6.59. The Bertz CT molecular complexity index is 345. The van der Waals surface area contributed by atoms with Crippen LogP contribution in [0.4, 0.5) is 0 Å². The lowest BCUT2D eigenvalue weighted by molar-refractivity contribution is 0.195. The van der Waals surface area contributed by atoms with E-state index < -0.39 is 19.3 Å². The van der Waals surface area contributed by atoms with Crippen LogP contribution >= 0.6 is 0 Å². The van der Waals surface area contributed by atoms with Gasteiger partial charge in [0.05, 0.1) is 22.3 Å². The Hall–Kier alpha value is 0.287. The molecule has 0 aliphatic heterocycles. The number of nitrogens with one attached hydrogen (secondary N) is 1. The monoisotopic (exact) mass is 321 g/mol. The van der Waals surface area contributed by atoms with Crippen LogP contribution in [0, 0.1) is 0 Å². The van der Waals surface area contributed by atoms with E-state index in [2.05, 4.69) is 52.4 Å². The molecule has 0 radical (unpaired) electrons. The molecule has 0 bridgehead atoms. The van der Waals surface area contributed by atoms with Gasteiger partial charge < -0.3 is 4.43 Å². The van der Waals surface area contributed by atoms with Gasteiger partial charge in [-0.3, -0.25) is 0 Å². The fourth-order valence-corrected chi connectivity index (χ4v) is 3.21. The van der Waals surface area contributed by atoms with Crippen LogP contribution in [0.25, 0.3) is 0 Å². The lowest BCUT2D eigenvalue weighted by Gasteiger charge is -2.40. The number of rotatable bonds is 6. The summed E-state index contributed by atoms with van der Waals surface area (Å²) >= 11 is 0. The topological polar surface area (TPSA) is 38.3 Å². The zero-order chi connectivity index (χ0) is 16.4. The largest absolute Gasteiger partial charge is 0.415 e. The molecule has 5 heteroatoms.